The van der Waals surface area contributed by atoms with Crippen molar-refractivity contribution < 1.29 is 4.79 Å². The number of carbonyl (C=O) groups excluding carboxylic acids is 1. The third-order valence-electron chi connectivity index (χ3n) is 4.25. The van der Waals surface area contributed by atoms with Gasteiger partial charge in [0, 0.05) is 16.8 Å². The standard InChI is InChI=1S/C18H20N4O2S/c1-11(16-13-6-3-4-7-14(13)18(24)22-21-16)17(23)19-9-5-8-15-12(2)20-10-25-15/h3-4,6-7,10-11H,5,8-9H2,1-2H3,(H,19,23)(H,22,24)/t11-/m1/s1. The van der Waals surface area contributed by atoms with Crippen LogP contribution in [0.2, 0.25) is 0 Å². The average molecular weight is 356 g/mol. The van der Waals surface area contributed by atoms with Crippen molar-refractivity contribution in [3.05, 3.63) is 56.4 Å². The molecule has 3 aromatic rings. The number of H-pyrrole nitrogens is 1. The maximum atomic E-state index is 12.4. The minimum absolute atomic E-state index is 0.0919. The highest BCUT2D eigenvalue weighted by atomic mass is 32.1. The van der Waals surface area contributed by atoms with Gasteiger partial charge in [-0.2, -0.15) is 5.10 Å². The first kappa shape index (κ1) is 17.3. The van der Waals surface area contributed by atoms with E-state index in [4.69, 9.17) is 0 Å². The van der Waals surface area contributed by atoms with Gasteiger partial charge in [-0.25, -0.2) is 10.1 Å². The van der Waals surface area contributed by atoms with E-state index in [1.165, 1.54) is 4.88 Å². The molecule has 2 aromatic heterocycles. The van der Waals surface area contributed by atoms with Crippen LogP contribution in [0.1, 0.15) is 35.5 Å². The predicted molar refractivity (Wildman–Crippen MR) is 99.0 cm³/mol. The molecule has 0 saturated heterocycles. The van der Waals surface area contributed by atoms with E-state index in [0.29, 0.717) is 23.0 Å². The second kappa shape index (κ2) is 7.57. The van der Waals surface area contributed by atoms with Crippen molar-refractivity contribution in [3.63, 3.8) is 0 Å². The highest BCUT2D eigenvalue weighted by Crippen LogP contribution is 2.21. The first-order chi connectivity index (χ1) is 12.1. The Morgan fingerprint density at radius 2 is 2.08 bits per heavy atom. The molecule has 0 aliphatic heterocycles. The van der Waals surface area contributed by atoms with Crippen molar-refractivity contribution >= 4 is 28.0 Å². The predicted octanol–water partition coefficient (Wildman–Crippen LogP) is 2.54. The lowest BCUT2D eigenvalue weighted by Gasteiger charge is -2.13. The second-order valence-electron chi connectivity index (χ2n) is 5.96. The summed E-state index contributed by atoms with van der Waals surface area (Å²) in [5, 5.41) is 10.8. The van der Waals surface area contributed by atoms with Gasteiger partial charge in [-0.1, -0.05) is 18.2 Å². The molecule has 6 nitrogen and oxygen atoms in total. The summed E-state index contributed by atoms with van der Waals surface area (Å²) in [5.41, 5.74) is 3.25. The van der Waals surface area contributed by atoms with Crippen LogP contribution in [0.3, 0.4) is 0 Å². The van der Waals surface area contributed by atoms with Crippen molar-refractivity contribution in [3.8, 4) is 0 Å². The number of aromatic nitrogens is 3. The van der Waals surface area contributed by atoms with Gasteiger partial charge in [-0.05, 0) is 32.8 Å². The average Bonchev–Trinajstić information content (AvgIpc) is 3.03. The number of aryl methyl sites for hydroxylation is 2. The third kappa shape index (κ3) is 3.76. The molecule has 0 spiro atoms. The summed E-state index contributed by atoms with van der Waals surface area (Å²) in [6.45, 7) is 4.40. The molecule has 25 heavy (non-hydrogen) atoms. The van der Waals surface area contributed by atoms with E-state index in [-0.39, 0.29) is 11.5 Å². The molecule has 0 aliphatic carbocycles. The van der Waals surface area contributed by atoms with Crippen LogP contribution >= 0.6 is 11.3 Å². The lowest BCUT2D eigenvalue weighted by molar-refractivity contribution is -0.122. The van der Waals surface area contributed by atoms with E-state index in [2.05, 4.69) is 20.5 Å². The number of fused-ring (bicyclic) bond motifs is 1. The topological polar surface area (TPSA) is 87.7 Å². The van der Waals surface area contributed by atoms with Crippen LogP contribution in [-0.4, -0.2) is 27.6 Å². The van der Waals surface area contributed by atoms with E-state index in [9.17, 15) is 9.59 Å². The van der Waals surface area contributed by atoms with Crippen molar-refractivity contribution in [2.24, 2.45) is 0 Å². The minimum Gasteiger partial charge on any atom is -0.356 e. The zero-order valence-corrected chi connectivity index (χ0v) is 15.0. The number of benzene rings is 1. The Bertz CT molecular complexity index is 947. The van der Waals surface area contributed by atoms with Gasteiger partial charge in [-0.3, -0.25) is 9.59 Å². The van der Waals surface area contributed by atoms with Gasteiger partial charge in [0.15, 0.2) is 0 Å². The maximum absolute atomic E-state index is 12.4. The largest absolute Gasteiger partial charge is 0.356 e. The lowest BCUT2D eigenvalue weighted by atomic mass is 10.0. The monoisotopic (exact) mass is 356 g/mol. The Hall–Kier alpha value is -2.54. The molecule has 0 radical (unpaired) electrons. The molecule has 7 heteroatoms. The molecular formula is C18H20N4O2S. The number of thiazole rings is 1. The number of nitrogens with zero attached hydrogens (tertiary/aromatic N) is 2. The summed E-state index contributed by atoms with van der Waals surface area (Å²) in [6, 6.07) is 7.20. The molecule has 2 N–H and O–H groups in total. The van der Waals surface area contributed by atoms with Gasteiger partial charge >= 0.3 is 0 Å². The molecule has 0 fully saturated rings. The summed E-state index contributed by atoms with van der Waals surface area (Å²) in [4.78, 5) is 29.8. The molecule has 3 rings (SSSR count). The van der Waals surface area contributed by atoms with Gasteiger partial charge < -0.3 is 5.32 Å². The fourth-order valence-corrected chi connectivity index (χ4v) is 3.59. The van der Waals surface area contributed by atoms with Crippen molar-refractivity contribution in [2.75, 3.05) is 6.54 Å². The van der Waals surface area contributed by atoms with Crippen LogP contribution in [0, 0.1) is 6.92 Å². The quantitative estimate of drug-likeness (QED) is 0.665. The Morgan fingerprint density at radius 1 is 1.32 bits per heavy atom. The van der Waals surface area contributed by atoms with E-state index in [1.807, 2.05) is 24.6 Å². The number of rotatable bonds is 6. The third-order valence-corrected chi connectivity index (χ3v) is 5.25. The number of hydrogen-bond donors (Lipinski definition) is 2. The Kier molecular flexibility index (Phi) is 5.23. The van der Waals surface area contributed by atoms with Crippen LogP contribution in [0.15, 0.2) is 34.6 Å². The highest BCUT2D eigenvalue weighted by molar-refractivity contribution is 7.09. The van der Waals surface area contributed by atoms with Gasteiger partial charge in [0.1, 0.15) is 0 Å². The molecule has 0 unspecified atom stereocenters. The molecule has 130 valence electrons. The van der Waals surface area contributed by atoms with Gasteiger partial charge in [0.05, 0.1) is 28.2 Å². The molecule has 2 heterocycles. The first-order valence-electron chi connectivity index (χ1n) is 8.22. The summed E-state index contributed by atoms with van der Waals surface area (Å²) < 4.78 is 0. The smallest absolute Gasteiger partial charge is 0.272 e. The summed E-state index contributed by atoms with van der Waals surface area (Å²) in [5.74, 6) is -0.530. The van der Waals surface area contributed by atoms with E-state index in [1.54, 1.807) is 30.4 Å². The van der Waals surface area contributed by atoms with Crippen LogP contribution in [0.5, 0.6) is 0 Å². The number of hydrogen-bond acceptors (Lipinski definition) is 5. The maximum Gasteiger partial charge on any atom is 0.272 e. The van der Waals surface area contributed by atoms with Crippen LogP contribution < -0.4 is 10.9 Å². The second-order valence-corrected chi connectivity index (χ2v) is 6.90. The molecule has 0 aliphatic rings. The number of nitrogens with one attached hydrogen (secondary N) is 2. The van der Waals surface area contributed by atoms with E-state index in [0.717, 1.165) is 18.5 Å². The first-order valence-corrected chi connectivity index (χ1v) is 9.10. The Labute approximate surface area is 149 Å². The zero-order chi connectivity index (χ0) is 17.8. The SMILES string of the molecule is Cc1ncsc1CCCNC(=O)[C@H](C)c1n[nH]c(=O)c2ccccc12. The fraction of sp³-hybridized carbons (Fsp3) is 0.333. The van der Waals surface area contributed by atoms with Crippen LogP contribution in [0.25, 0.3) is 10.8 Å². The van der Waals surface area contributed by atoms with Gasteiger partial charge in [-0.15, -0.1) is 11.3 Å². The van der Waals surface area contributed by atoms with Crippen molar-refractivity contribution in [1.82, 2.24) is 20.5 Å². The molecule has 0 saturated carbocycles. The Balaban J connectivity index is 1.64. The van der Waals surface area contributed by atoms with Crippen molar-refractivity contribution in [1.29, 1.82) is 0 Å². The molecule has 1 amide bonds. The molecule has 1 atom stereocenters. The number of aromatic amines is 1. The van der Waals surface area contributed by atoms with Crippen molar-refractivity contribution in [2.45, 2.75) is 32.6 Å². The zero-order valence-electron chi connectivity index (χ0n) is 14.2. The minimum atomic E-state index is -0.438. The normalized spacial score (nSPS) is 12.2. The van der Waals surface area contributed by atoms with Crippen LogP contribution in [0.4, 0.5) is 0 Å². The fourth-order valence-electron chi connectivity index (χ4n) is 2.77. The number of carbonyl (C=O) groups is 1. The summed E-state index contributed by atoms with van der Waals surface area (Å²) >= 11 is 1.65. The van der Waals surface area contributed by atoms with Gasteiger partial charge in [0.25, 0.3) is 5.56 Å². The highest BCUT2D eigenvalue weighted by Gasteiger charge is 2.20. The van der Waals surface area contributed by atoms with Gasteiger partial charge in [0.2, 0.25) is 5.91 Å². The van der Waals surface area contributed by atoms with Crippen LogP contribution in [-0.2, 0) is 11.2 Å². The summed E-state index contributed by atoms with van der Waals surface area (Å²) in [6.07, 6.45) is 1.77. The molecular weight excluding hydrogens is 336 g/mol. The lowest BCUT2D eigenvalue weighted by Crippen LogP contribution is -2.30. The van der Waals surface area contributed by atoms with E-state index >= 15 is 0 Å². The molecule has 0 bridgehead atoms. The molecule has 1 aromatic carbocycles. The number of amides is 1. The van der Waals surface area contributed by atoms with E-state index < -0.39 is 5.92 Å². The summed E-state index contributed by atoms with van der Waals surface area (Å²) in [7, 11) is 0. The Morgan fingerprint density at radius 3 is 2.80 bits per heavy atom.